The van der Waals surface area contributed by atoms with Crippen LogP contribution < -0.4 is 4.74 Å². The molecule has 0 bridgehead atoms. The van der Waals surface area contributed by atoms with Crippen LogP contribution in [0.25, 0.3) is 21.9 Å². The highest BCUT2D eigenvalue weighted by Gasteiger charge is 2.10. The molecule has 0 aliphatic carbocycles. The van der Waals surface area contributed by atoms with Gasteiger partial charge in [-0.05, 0) is 31.2 Å². The van der Waals surface area contributed by atoms with Gasteiger partial charge in [0.15, 0.2) is 0 Å². The monoisotopic (exact) mass is 306 g/mol. The zero-order valence-electron chi connectivity index (χ0n) is 12.1. The van der Waals surface area contributed by atoms with Gasteiger partial charge in [-0.25, -0.2) is 4.98 Å². The Morgan fingerprint density at radius 3 is 2.77 bits per heavy atom. The van der Waals surface area contributed by atoms with Gasteiger partial charge in [-0.2, -0.15) is 5.26 Å². The van der Waals surface area contributed by atoms with E-state index >= 15 is 0 Å². The second-order valence-corrected chi connectivity index (χ2v) is 5.66. The van der Waals surface area contributed by atoms with Crippen molar-refractivity contribution in [3.63, 3.8) is 0 Å². The van der Waals surface area contributed by atoms with Crippen molar-refractivity contribution in [2.24, 2.45) is 0 Å². The third-order valence-electron chi connectivity index (χ3n) is 3.16. The first-order valence-corrected chi connectivity index (χ1v) is 7.83. The van der Waals surface area contributed by atoms with Crippen LogP contribution in [0.1, 0.15) is 17.5 Å². The van der Waals surface area contributed by atoms with Crippen molar-refractivity contribution in [2.45, 2.75) is 6.92 Å². The van der Waals surface area contributed by atoms with Gasteiger partial charge < -0.3 is 4.74 Å². The molecular formula is C18H14N2OS. The lowest BCUT2D eigenvalue weighted by Crippen LogP contribution is -1.93. The number of allylic oxidation sites excluding steroid dienone is 1. The fourth-order valence-corrected chi connectivity index (χ4v) is 3.10. The van der Waals surface area contributed by atoms with E-state index in [0.29, 0.717) is 12.2 Å². The Balaban J connectivity index is 2.06. The molecule has 1 heterocycles. The summed E-state index contributed by atoms with van der Waals surface area (Å²) in [4.78, 5) is 4.54. The normalized spacial score (nSPS) is 11.4. The number of thiazole rings is 1. The second-order valence-electron chi connectivity index (χ2n) is 4.63. The Bertz CT molecular complexity index is 841. The van der Waals surface area contributed by atoms with Crippen molar-refractivity contribution in [3.8, 4) is 11.8 Å². The van der Waals surface area contributed by atoms with Gasteiger partial charge in [-0.3, -0.25) is 0 Å². The predicted octanol–water partition coefficient (Wildman–Crippen LogP) is 4.76. The molecule has 0 unspecified atom stereocenters. The molecule has 3 aromatic rings. The maximum atomic E-state index is 9.49. The van der Waals surface area contributed by atoms with E-state index in [1.165, 1.54) is 11.3 Å². The summed E-state index contributed by atoms with van der Waals surface area (Å²) in [5.41, 5.74) is 2.36. The summed E-state index contributed by atoms with van der Waals surface area (Å²) in [6.45, 7) is 2.53. The average Bonchev–Trinajstić information content (AvgIpc) is 2.98. The van der Waals surface area contributed by atoms with Crippen LogP contribution in [-0.2, 0) is 0 Å². The number of para-hydroxylation sites is 2. The lowest BCUT2D eigenvalue weighted by molar-refractivity contribution is 0.339. The van der Waals surface area contributed by atoms with E-state index in [-0.39, 0.29) is 0 Å². The summed E-state index contributed by atoms with van der Waals surface area (Å²) in [7, 11) is 0. The minimum absolute atomic E-state index is 0.549. The summed E-state index contributed by atoms with van der Waals surface area (Å²) >= 11 is 1.53. The number of hydrogen-bond acceptors (Lipinski definition) is 4. The number of nitrogens with zero attached hydrogens (tertiary/aromatic N) is 2. The van der Waals surface area contributed by atoms with Gasteiger partial charge in [-0.15, -0.1) is 11.3 Å². The topological polar surface area (TPSA) is 45.9 Å². The van der Waals surface area contributed by atoms with Gasteiger partial charge in [0.25, 0.3) is 0 Å². The molecule has 108 valence electrons. The number of benzene rings is 2. The van der Waals surface area contributed by atoms with Crippen LogP contribution in [0, 0.1) is 11.3 Å². The van der Waals surface area contributed by atoms with Gasteiger partial charge in [0.2, 0.25) is 0 Å². The van der Waals surface area contributed by atoms with Gasteiger partial charge in [0.1, 0.15) is 16.8 Å². The largest absolute Gasteiger partial charge is 0.493 e. The zero-order chi connectivity index (χ0) is 15.4. The zero-order valence-corrected chi connectivity index (χ0v) is 12.9. The Hall–Kier alpha value is -2.64. The van der Waals surface area contributed by atoms with Crippen molar-refractivity contribution in [1.29, 1.82) is 5.26 Å². The predicted molar refractivity (Wildman–Crippen MR) is 90.7 cm³/mol. The Labute approximate surface area is 133 Å². The number of hydrogen-bond donors (Lipinski definition) is 0. The molecule has 0 atom stereocenters. The summed E-state index contributed by atoms with van der Waals surface area (Å²) in [6.07, 6.45) is 1.84. The van der Waals surface area contributed by atoms with E-state index in [1.54, 1.807) is 0 Å². The highest BCUT2D eigenvalue weighted by molar-refractivity contribution is 7.19. The van der Waals surface area contributed by atoms with Crippen LogP contribution in [0.4, 0.5) is 0 Å². The van der Waals surface area contributed by atoms with Crippen molar-refractivity contribution >= 4 is 33.2 Å². The first-order chi connectivity index (χ1) is 10.8. The molecule has 0 amide bonds. The summed E-state index contributed by atoms with van der Waals surface area (Å²) in [5, 5.41) is 10.2. The molecule has 2 aromatic carbocycles. The highest BCUT2D eigenvalue weighted by atomic mass is 32.1. The molecule has 0 fully saturated rings. The summed E-state index contributed by atoms with van der Waals surface area (Å²) in [6, 6.07) is 17.8. The van der Waals surface area contributed by atoms with Crippen molar-refractivity contribution in [1.82, 2.24) is 4.98 Å². The number of aromatic nitrogens is 1. The lowest BCUT2D eigenvalue weighted by atomic mass is 10.1. The van der Waals surface area contributed by atoms with Crippen LogP contribution in [0.2, 0.25) is 0 Å². The molecule has 0 radical (unpaired) electrons. The molecule has 0 aliphatic heterocycles. The molecule has 22 heavy (non-hydrogen) atoms. The summed E-state index contributed by atoms with van der Waals surface area (Å²) < 4.78 is 6.69. The molecule has 1 aromatic heterocycles. The van der Waals surface area contributed by atoms with E-state index in [0.717, 1.165) is 26.5 Å². The molecule has 4 heteroatoms. The minimum atomic E-state index is 0.549. The average molecular weight is 306 g/mol. The van der Waals surface area contributed by atoms with E-state index in [4.69, 9.17) is 4.74 Å². The standard InChI is InChI=1S/C18H14N2OS/c1-2-21-16-9-5-3-7-13(16)11-14(12-19)18-20-15-8-4-6-10-17(15)22-18/h3-11H,2H2,1H3. The summed E-state index contributed by atoms with van der Waals surface area (Å²) in [5.74, 6) is 0.777. The van der Waals surface area contributed by atoms with Gasteiger partial charge in [0, 0.05) is 5.56 Å². The molecular weight excluding hydrogens is 292 g/mol. The van der Waals surface area contributed by atoms with Crippen LogP contribution in [0.15, 0.2) is 48.5 Å². The molecule has 0 aliphatic rings. The third-order valence-corrected chi connectivity index (χ3v) is 4.23. The number of fused-ring (bicyclic) bond motifs is 1. The molecule has 0 N–H and O–H groups in total. The smallest absolute Gasteiger partial charge is 0.135 e. The molecule has 3 nitrogen and oxygen atoms in total. The van der Waals surface area contributed by atoms with Crippen LogP contribution in [0.3, 0.4) is 0 Å². The SMILES string of the molecule is CCOc1ccccc1C=C(C#N)c1nc2ccccc2s1. The molecule has 3 rings (SSSR count). The second kappa shape index (κ2) is 6.42. The molecule has 0 saturated heterocycles. The molecule has 0 spiro atoms. The number of nitriles is 1. The van der Waals surface area contributed by atoms with E-state index < -0.39 is 0 Å². The Morgan fingerprint density at radius 1 is 1.23 bits per heavy atom. The Morgan fingerprint density at radius 2 is 2.00 bits per heavy atom. The minimum Gasteiger partial charge on any atom is -0.493 e. The number of rotatable bonds is 4. The van der Waals surface area contributed by atoms with Gasteiger partial charge in [0.05, 0.1) is 22.4 Å². The van der Waals surface area contributed by atoms with Crippen molar-refractivity contribution < 1.29 is 4.74 Å². The van der Waals surface area contributed by atoms with E-state index in [1.807, 2.05) is 61.5 Å². The Kier molecular flexibility index (Phi) is 4.17. The van der Waals surface area contributed by atoms with Gasteiger partial charge >= 0.3 is 0 Å². The van der Waals surface area contributed by atoms with Crippen molar-refractivity contribution in [3.05, 3.63) is 59.1 Å². The fourth-order valence-electron chi connectivity index (χ4n) is 2.17. The van der Waals surface area contributed by atoms with Gasteiger partial charge in [-0.1, -0.05) is 30.3 Å². The fraction of sp³-hybridized carbons (Fsp3) is 0.111. The highest BCUT2D eigenvalue weighted by Crippen LogP contribution is 2.29. The van der Waals surface area contributed by atoms with E-state index in [9.17, 15) is 5.26 Å². The molecule has 0 saturated carbocycles. The first kappa shape index (κ1) is 14.3. The third kappa shape index (κ3) is 2.85. The lowest BCUT2D eigenvalue weighted by Gasteiger charge is -2.06. The van der Waals surface area contributed by atoms with Crippen LogP contribution in [-0.4, -0.2) is 11.6 Å². The maximum Gasteiger partial charge on any atom is 0.135 e. The van der Waals surface area contributed by atoms with Crippen molar-refractivity contribution in [2.75, 3.05) is 6.61 Å². The quantitative estimate of drug-likeness (QED) is 0.653. The first-order valence-electron chi connectivity index (χ1n) is 7.01. The van der Waals surface area contributed by atoms with Crippen LogP contribution >= 0.6 is 11.3 Å². The maximum absolute atomic E-state index is 9.49. The van der Waals surface area contributed by atoms with E-state index in [2.05, 4.69) is 11.1 Å². The van der Waals surface area contributed by atoms with Crippen LogP contribution in [0.5, 0.6) is 5.75 Å². The number of ether oxygens (including phenoxy) is 1.